The summed E-state index contributed by atoms with van der Waals surface area (Å²) in [7, 11) is 0. The number of halogens is 3. The Balaban J connectivity index is 2.13. The van der Waals surface area contributed by atoms with E-state index >= 15 is 0 Å². The predicted molar refractivity (Wildman–Crippen MR) is 87.4 cm³/mol. The van der Waals surface area contributed by atoms with Gasteiger partial charge in [-0.25, -0.2) is 9.37 Å². The molecule has 2 nitrogen and oxygen atoms in total. The Kier molecular flexibility index (Phi) is 4.27. The maximum absolute atomic E-state index is 13.7. The van der Waals surface area contributed by atoms with Gasteiger partial charge in [-0.05, 0) is 27.6 Å². The molecule has 0 spiro atoms. The molecule has 0 bridgehead atoms. The number of benzene rings is 2. The molecule has 0 aliphatic heterocycles. The lowest BCUT2D eigenvalue weighted by Gasteiger charge is -2.09. The summed E-state index contributed by atoms with van der Waals surface area (Å²) in [6.07, 6.45) is 0.655. The molecule has 1 heterocycles. The van der Waals surface area contributed by atoms with Crippen LogP contribution in [-0.2, 0) is 13.0 Å². The Morgan fingerprint density at radius 1 is 1.19 bits per heavy atom. The van der Waals surface area contributed by atoms with E-state index in [4.69, 9.17) is 11.6 Å². The van der Waals surface area contributed by atoms with Gasteiger partial charge < -0.3 is 4.57 Å². The van der Waals surface area contributed by atoms with Crippen molar-refractivity contribution in [2.75, 3.05) is 5.88 Å². The topological polar surface area (TPSA) is 17.8 Å². The van der Waals surface area contributed by atoms with Crippen LogP contribution in [0.3, 0.4) is 0 Å². The standard InChI is InChI=1S/C16H13BrClFN2/c17-12-8-15-14(9-13(12)19)20-16(6-7-18)21(15)10-11-4-2-1-3-5-11/h1-5,8-9H,6-7,10H2. The molecule has 0 saturated carbocycles. The van der Waals surface area contributed by atoms with E-state index in [1.54, 1.807) is 6.07 Å². The number of aryl methyl sites for hydroxylation is 1. The quantitative estimate of drug-likeness (QED) is 0.608. The van der Waals surface area contributed by atoms with Gasteiger partial charge in [-0.2, -0.15) is 0 Å². The number of hydrogen-bond donors (Lipinski definition) is 0. The van der Waals surface area contributed by atoms with E-state index in [1.165, 1.54) is 11.6 Å². The number of hydrogen-bond acceptors (Lipinski definition) is 1. The second-order valence-electron chi connectivity index (χ2n) is 4.79. The summed E-state index contributed by atoms with van der Waals surface area (Å²) in [5.41, 5.74) is 2.74. The molecule has 0 N–H and O–H groups in total. The third kappa shape index (κ3) is 2.97. The summed E-state index contributed by atoms with van der Waals surface area (Å²) in [5, 5.41) is 0. The highest BCUT2D eigenvalue weighted by molar-refractivity contribution is 9.10. The summed E-state index contributed by atoms with van der Waals surface area (Å²) >= 11 is 9.11. The molecule has 0 aliphatic carbocycles. The van der Waals surface area contributed by atoms with Gasteiger partial charge in [0.15, 0.2) is 0 Å². The van der Waals surface area contributed by atoms with E-state index in [1.807, 2.05) is 18.2 Å². The van der Waals surface area contributed by atoms with E-state index in [0.29, 0.717) is 28.8 Å². The van der Waals surface area contributed by atoms with Crippen LogP contribution in [0.15, 0.2) is 46.9 Å². The second kappa shape index (κ2) is 6.16. The average Bonchev–Trinajstić information content (AvgIpc) is 2.79. The molecule has 0 atom stereocenters. The summed E-state index contributed by atoms with van der Waals surface area (Å²) in [6, 6.07) is 13.4. The number of alkyl halides is 1. The van der Waals surface area contributed by atoms with Gasteiger partial charge in [0.2, 0.25) is 0 Å². The molecule has 0 unspecified atom stereocenters. The lowest BCUT2D eigenvalue weighted by atomic mass is 10.2. The van der Waals surface area contributed by atoms with Crippen LogP contribution in [0.1, 0.15) is 11.4 Å². The minimum atomic E-state index is -0.302. The van der Waals surface area contributed by atoms with E-state index in [2.05, 4.69) is 37.6 Å². The SMILES string of the molecule is Fc1cc2nc(CCCl)n(Cc3ccccc3)c2cc1Br. The maximum Gasteiger partial charge on any atom is 0.139 e. The van der Waals surface area contributed by atoms with Crippen molar-refractivity contribution < 1.29 is 4.39 Å². The average molecular weight is 368 g/mol. The zero-order chi connectivity index (χ0) is 14.8. The zero-order valence-corrected chi connectivity index (χ0v) is 13.5. The van der Waals surface area contributed by atoms with Gasteiger partial charge in [-0.3, -0.25) is 0 Å². The van der Waals surface area contributed by atoms with Crippen LogP contribution in [0.25, 0.3) is 11.0 Å². The van der Waals surface area contributed by atoms with Crippen molar-refractivity contribution in [3.05, 3.63) is 64.1 Å². The Labute approximate surface area is 135 Å². The van der Waals surface area contributed by atoms with Crippen molar-refractivity contribution in [1.29, 1.82) is 0 Å². The largest absolute Gasteiger partial charge is 0.323 e. The Hall–Kier alpha value is -1.39. The number of imidazole rings is 1. The monoisotopic (exact) mass is 366 g/mol. The molecule has 108 valence electrons. The zero-order valence-electron chi connectivity index (χ0n) is 11.2. The third-order valence-corrected chi connectivity index (χ3v) is 4.17. The van der Waals surface area contributed by atoms with Crippen LogP contribution < -0.4 is 0 Å². The molecule has 0 aliphatic rings. The van der Waals surface area contributed by atoms with Crippen LogP contribution in [0.2, 0.25) is 0 Å². The van der Waals surface area contributed by atoms with Crippen molar-refractivity contribution in [2.45, 2.75) is 13.0 Å². The van der Waals surface area contributed by atoms with E-state index in [9.17, 15) is 4.39 Å². The molecule has 0 radical (unpaired) electrons. The van der Waals surface area contributed by atoms with Gasteiger partial charge in [-0.1, -0.05) is 30.3 Å². The highest BCUT2D eigenvalue weighted by Crippen LogP contribution is 2.25. The van der Waals surface area contributed by atoms with Crippen molar-refractivity contribution in [3.63, 3.8) is 0 Å². The molecule has 21 heavy (non-hydrogen) atoms. The highest BCUT2D eigenvalue weighted by Gasteiger charge is 2.13. The molecule has 0 fully saturated rings. The Bertz CT molecular complexity index is 771. The normalized spacial score (nSPS) is 11.2. The van der Waals surface area contributed by atoms with Crippen LogP contribution >= 0.6 is 27.5 Å². The Morgan fingerprint density at radius 2 is 1.95 bits per heavy atom. The van der Waals surface area contributed by atoms with Gasteiger partial charge >= 0.3 is 0 Å². The first-order chi connectivity index (χ1) is 10.2. The molecule has 0 saturated heterocycles. The molecule has 2 aromatic carbocycles. The van der Waals surface area contributed by atoms with Gasteiger partial charge in [-0.15, -0.1) is 11.6 Å². The molecule has 0 amide bonds. The molecule has 1 aromatic heterocycles. The van der Waals surface area contributed by atoms with Crippen molar-refractivity contribution in [2.24, 2.45) is 0 Å². The first-order valence-electron chi connectivity index (χ1n) is 6.63. The van der Waals surface area contributed by atoms with Crippen molar-refractivity contribution >= 4 is 38.6 Å². The van der Waals surface area contributed by atoms with Crippen molar-refractivity contribution in [3.8, 4) is 0 Å². The fraction of sp³-hybridized carbons (Fsp3) is 0.188. The summed E-state index contributed by atoms with van der Waals surface area (Å²) in [5.74, 6) is 1.06. The first-order valence-corrected chi connectivity index (χ1v) is 7.96. The van der Waals surface area contributed by atoms with E-state index in [0.717, 1.165) is 11.3 Å². The molecular formula is C16H13BrClFN2. The summed E-state index contributed by atoms with van der Waals surface area (Å²) < 4.78 is 16.2. The summed E-state index contributed by atoms with van der Waals surface area (Å²) in [6.45, 7) is 0.696. The number of aromatic nitrogens is 2. The fourth-order valence-electron chi connectivity index (χ4n) is 2.39. The van der Waals surface area contributed by atoms with Crippen LogP contribution in [0, 0.1) is 5.82 Å². The fourth-order valence-corrected chi connectivity index (χ4v) is 2.89. The molecule has 5 heteroatoms. The van der Waals surface area contributed by atoms with Gasteiger partial charge in [0, 0.05) is 24.9 Å². The third-order valence-electron chi connectivity index (χ3n) is 3.37. The lowest BCUT2D eigenvalue weighted by Crippen LogP contribution is -2.06. The number of rotatable bonds is 4. The van der Waals surface area contributed by atoms with Gasteiger partial charge in [0.25, 0.3) is 0 Å². The lowest BCUT2D eigenvalue weighted by molar-refractivity contribution is 0.622. The van der Waals surface area contributed by atoms with Crippen LogP contribution in [0.5, 0.6) is 0 Å². The predicted octanol–water partition coefficient (Wildman–Crippen LogP) is 4.77. The Morgan fingerprint density at radius 3 is 2.67 bits per heavy atom. The molecule has 3 aromatic rings. The number of nitrogens with zero attached hydrogens (tertiary/aromatic N) is 2. The molecular weight excluding hydrogens is 355 g/mol. The first kappa shape index (κ1) is 14.5. The smallest absolute Gasteiger partial charge is 0.139 e. The van der Waals surface area contributed by atoms with E-state index < -0.39 is 0 Å². The van der Waals surface area contributed by atoms with Crippen LogP contribution in [0.4, 0.5) is 4.39 Å². The maximum atomic E-state index is 13.7. The second-order valence-corrected chi connectivity index (χ2v) is 6.03. The molecule has 3 rings (SSSR count). The minimum Gasteiger partial charge on any atom is -0.323 e. The minimum absolute atomic E-state index is 0.302. The van der Waals surface area contributed by atoms with Gasteiger partial charge in [0.1, 0.15) is 11.6 Å². The highest BCUT2D eigenvalue weighted by atomic mass is 79.9. The van der Waals surface area contributed by atoms with Gasteiger partial charge in [0.05, 0.1) is 15.5 Å². The number of fused-ring (bicyclic) bond motifs is 1. The van der Waals surface area contributed by atoms with Crippen LogP contribution in [-0.4, -0.2) is 15.4 Å². The summed E-state index contributed by atoms with van der Waals surface area (Å²) in [4.78, 5) is 4.52. The van der Waals surface area contributed by atoms with Crippen molar-refractivity contribution in [1.82, 2.24) is 9.55 Å². The van der Waals surface area contributed by atoms with E-state index in [-0.39, 0.29) is 5.82 Å².